The van der Waals surface area contributed by atoms with Gasteiger partial charge < -0.3 is 14.8 Å². The van der Waals surface area contributed by atoms with Crippen LogP contribution in [0.2, 0.25) is 0 Å². The summed E-state index contributed by atoms with van der Waals surface area (Å²) in [5, 5.41) is 4.95. The molecule has 1 unspecified atom stereocenters. The van der Waals surface area contributed by atoms with Gasteiger partial charge in [0, 0.05) is 19.6 Å². The summed E-state index contributed by atoms with van der Waals surface area (Å²) in [5.74, 6) is 0.916. The molecule has 7 heteroatoms. The molecule has 1 N–H and O–H groups in total. The molecule has 6 nitrogen and oxygen atoms in total. The number of hydrogen-bond acceptors (Lipinski definition) is 4. The Morgan fingerprint density at radius 2 is 2.07 bits per heavy atom. The number of thiophene rings is 1. The van der Waals surface area contributed by atoms with Gasteiger partial charge >= 0.3 is 0 Å². The minimum Gasteiger partial charge on any atom is -0.354 e. The number of aromatic nitrogens is 2. The summed E-state index contributed by atoms with van der Waals surface area (Å²) in [4.78, 5) is 32.6. The van der Waals surface area contributed by atoms with Crippen LogP contribution in [-0.4, -0.2) is 45.4 Å². The van der Waals surface area contributed by atoms with Crippen LogP contribution in [-0.2, 0) is 11.3 Å². The average molecular weight is 411 g/mol. The molecule has 29 heavy (non-hydrogen) atoms. The van der Waals surface area contributed by atoms with Crippen LogP contribution in [0.5, 0.6) is 0 Å². The Morgan fingerprint density at radius 1 is 1.21 bits per heavy atom. The molecular formula is C22H26N4O2S. The molecule has 0 spiro atoms. The molecule has 152 valence electrons. The van der Waals surface area contributed by atoms with Gasteiger partial charge in [0.05, 0.1) is 15.9 Å². The topological polar surface area (TPSA) is 67.2 Å². The third kappa shape index (κ3) is 4.19. The molecule has 1 atom stereocenters. The molecule has 0 bridgehead atoms. The lowest BCUT2D eigenvalue weighted by molar-refractivity contribution is -0.126. The van der Waals surface area contributed by atoms with Gasteiger partial charge in [-0.25, -0.2) is 4.98 Å². The van der Waals surface area contributed by atoms with E-state index < -0.39 is 0 Å². The summed E-state index contributed by atoms with van der Waals surface area (Å²) in [7, 11) is 0. The van der Waals surface area contributed by atoms with Crippen LogP contribution in [0.15, 0.2) is 41.8 Å². The first-order valence-electron chi connectivity index (χ1n) is 10.2. The number of rotatable bonds is 6. The highest BCUT2D eigenvalue weighted by Gasteiger charge is 2.32. The Labute approximate surface area is 174 Å². The van der Waals surface area contributed by atoms with Gasteiger partial charge in [0.25, 0.3) is 5.91 Å². The van der Waals surface area contributed by atoms with E-state index in [9.17, 15) is 9.59 Å². The van der Waals surface area contributed by atoms with Crippen molar-refractivity contribution in [2.24, 2.45) is 0 Å². The van der Waals surface area contributed by atoms with Crippen molar-refractivity contribution in [2.75, 3.05) is 13.1 Å². The van der Waals surface area contributed by atoms with Crippen LogP contribution < -0.4 is 5.32 Å². The largest absolute Gasteiger partial charge is 0.354 e. The maximum absolute atomic E-state index is 12.8. The number of piperidine rings is 1. The van der Waals surface area contributed by atoms with Crippen molar-refractivity contribution in [1.29, 1.82) is 0 Å². The number of aryl methyl sites for hydroxylation is 2. The summed E-state index contributed by atoms with van der Waals surface area (Å²) >= 11 is 1.43. The van der Waals surface area contributed by atoms with Crippen molar-refractivity contribution < 1.29 is 9.59 Å². The zero-order valence-electron chi connectivity index (χ0n) is 16.6. The van der Waals surface area contributed by atoms with Crippen molar-refractivity contribution >= 4 is 34.2 Å². The van der Waals surface area contributed by atoms with E-state index in [1.165, 1.54) is 11.3 Å². The van der Waals surface area contributed by atoms with Crippen LogP contribution in [0.3, 0.4) is 0 Å². The van der Waals surface area contributed by atoms with Crippen molar-refractivity contribution in [3.8, 4) is 0 Å². The van der Waals surface area contributed by atoms with Crippen molar-refractivity contribution in [1.82, 2.24) is 19.8 Å². The van der Waals surface area contributed by atoms with Gasteiger partial charge in [-0.3, -0.25) is 9.59 Å². The summed E-state index contributed by atoms with van der Waals surface area (Å²) in [6.45, 7) is 4.04. The fourth-order valence-corrected chi connectivity index (χ4v) is 4.71. The Bertz CT molecular complexity index is 996. The molecule has 3 aromatic rings. The Morgan fingerprint density at radius 3 is 2.90 bits per heavy atom. The fraction of sp³-hybridized carbons (Fsp3) is 0.409. The predicted octanol–water partition coefficient (Wildman–Crippen LogP) is 3.61. The molecular weight excluding hydrogens is 384 g/mol. The van der Waals surface area contributed by atoms with E-state index in [1.807, 2.05) is 42.6 Å². The molecule has 1 aliphatic heterocycles. The lowest BCUT2D eigenvalue weighted by atomic mass is 10.0. The molecule has 1 aromatic carbocycles. The molecule has 0 saturated carbocycles. The van der Waals surface area contributed by atoms with E-state index in [0.29, 0.717) is 18.0 Å². The molecule has 2 aromatic heterocycles. The molecule has 2 amide bonds. The quantitative estimate of drug-likeness (QED) is 0.631. The van der Waals surface area contributed by atoms with E-state index in [-0.39, 0.29) is 17.9 Å². The van der Waals surface area contributed by atoms with Crippen LogP contribution in [0, 0.1) is 6.92 Å². The number of likely N-dealkylation sites (tertiary alicyclic amines) is 1. The van der Waals surface area contributed by atoms with Gasteiger partial charge in [0.15, 0.2) is 0 Å². The van der Waals surface area contributed by atoms with Crippen molar-refractivity contribution in [3.63, 3.8) is 0 Å². The maximum atomic E-state index is 12.8. The molecule has 1 aliphatic rings. The Hall–Kier alpha value is -2.67. The molecule has 0 aliphatic carbocycles. The van der Waals surface area contributed by atoms with E-state index in [1.54, 1.807) is 4.90 Å². The highest BCUT2D eigenvalue weighted by atomic mass is 32.1. The monoisotopic (exact) mass is 410 g/mol. The number of nitrogens with one attached hydrogen (secondary N) is 1. The lowest BCUT2D eigenvalue weighted by Gasteiger charge is -2.34. The van der Waals surface area contributed by atoms with Gasteiger partial charge in [-0.1, -0.05) is 18.2 Å². The number of nitrogens with zero attached hydrogens (tertiary/aromatic N) is 3. The molecule has 3 heterocycles. The molecule has 0 radical (unpaired) electrons. The zero-order valence-corrected chi connectivity index (χ0v) is 17.5. The molecule has 1 fully saturated rings. The second-order valence-electron chi connectivity index (χ2n) is 7.43. The number of hydrogen-bond donors (Lipinski definition) is 1. The maximum Gasteiger partial charge on any atom is 0.264 e. The number of carbonyl (C=O) groups excluding carboxylic acids is 2. The second kappa shape index (κ2) is 8.78. The number of para-hydroxylation sites is 2. The first kappa shape index (κ1) is 19.6. The van der Waals surface area contributed by atoms with Crippen LogP contribution in [0.1, 0.15) is 41.2 Å². The Kier molecular flexibility index (Phi) is 5.94. The van der Waals surface area contributed by atoms with E-state index in [4.69, 9.17) is 0 Å². The predicted molar refractivity (Wildman–Crippen MR) is 115 cm³/mol. The summed E-state index contributed by atoms with van der Waals surface area (Å²) < 4.78 is 2.19. The minimum absolute atomic E-state index is 0.0274. The molecule has 1 saturated heterocycles. The summed E-state index contributed by atoms with van der Waals surface area (Å²) in [6, 6.07) is 11.4. The fourth-order valence-electron chi connectivity index (χ4n) is 4.03. The van der Waals surface area contributed by atoms with Crippen molar-refractivity contribution in [3.05, 3.63) is 52.5 Å². The number of fused-ring (bicyclic) bond motifs is 1. The average Bonchev–Trinajstić information content (AvgIpc) is 3.38. The lowest BCUT2D eigenvalue weighted by Crippen LogP contribution is -2.52. The smallest absolute Gasteiger partial charge is 0.264 e. The highest BCUT2D eigenvalue weighted by molar-refractivity contribution is 7.12. The van der Waals surface area contributed by atoms with Gasteiger partial charge in [-0.15, -0.1) is 11.3 Å². The zero-order chi connectivity index (χ0) is 20.2. The summed E-state index contributed by atoms with van der Waals surface area (Å²) in [5.41, 5.74) is 2.12. The van der Waals surface area contributed by atoms with E-state index >= 15 is 0 Å². The first-order chi connectivity index (χ1) is 14.1. The van der Waals surface area contributed by atoms with Crippen LogP contribution in [0.4, 0.5) is 0 Å². The Balaban J connectivity index is 1.33. The minimum atomic E-state index is -0.367. The number of benzene rings is 1. The van der Waals surface area contributed by atoms with E-state index in [2.05, 4.69) is 20.9 Å². The number of carbonyl (C=O) groups is 2. The second-order valence-corrected chi connectivity index (χ2v) is 8.38. The first-order valence-corrected chi connectivity index (χ1v) is 11.1. The summed E-state index contributed by atoms with van der Waals surface area (Å²) in [6.07, 6.45) is 3.48. The number of imidazole rings is 1. The van der Waals surface area contributed by atoms with Gasteiger partial charge in [-0.2, -0.15) is 0 Å². The standard InChI is InChI=1S/C22H26N4O2S/c1-16-24-17-8-2-3-9-18(17)25(16)14-7-12-23-21(27)19-10-4-5-13-26(19)22(28)20-11-6-15-29-20/h2-3,6,8-9,11,15,19H,4-5,7,10,12-14H2,1H3,(H,23,27). The third-order valence-corrected chi connectivity index (χ3v) is 6.36. The van der Waals surface area contributed by atoms with Gasteiger partial charge in [0.1, 0.15) is 11.9 Å². The highest BCUT2D eigenvalue weighted by Crippen LogP contribution is 2.22. The van der Waals surface area contributed by atoms with Crippen LogP contribution in [0.25, 0.3) is 11.0 Å². The van der Waals surface area contributed by atoms with E-state index in [0.717, 1.165) is 49.1 Å². The number of amides is 2. The van der Waals surface area contributed by atoms with Crippen LogP contribution >= 0.6 is 11.3 Å². The SMILES string of the molecule is Cc1nc2ccccc2n1CCCNC(=O)C1CCCCN1C(=O)c1cccs1. The third-order valence-electron chi connectivity index (χ3n) is 5.50. The van der Waals surface area contributed by atoms with Gasteiger partial charge in [-0.05, 0) is 56.2 Å². The van der Waals surface area contributed by atoms with Gasteiger partial charge in [0.2, 0.25) is 5.91 Å². The van der Waals surface area contributed by atoms with Crippen molar-refractivity contribution in [2.45, 2.75) is 45.2 Å². The normalized spacial score (nSPS) is 16.9. The molecule has 4 rings (SSSR count).